The minimum Gasteiger partial charge on any atom is -0.473 e. The molecule has 0 fully saturated rings. The highest BCUT2D eigenvalue weighted by Crippen LogP contribution is 2.31. The molecule has 0 atom stereocenters. The molecule has 0 saturated carbocycles. The Bertz CT molecular complexity index is 1190. The first-order chi connectivity index (χ1) is 14.7. The Balaban J connectivity index is 1.33. The van der Waals surface area contributed by atoms with E-state index in [0.717, 1.165) is 34.6 Å². The summed E-state index contributed by atoms with van der Waals surface area (Å²) < 4.78 is 21.8. The summed E-state index contributed by atoms with van der Waals surface area (Å²) in [7, 11) is 1.89. The molecule has 2 aromatic carbocycles. The van der Waals surface area contributed by atoms with Crippen LogP contribution in [0.25, 0.3) is 11.3 Å². The van der Waals surface area contributed by atoms with Gasteiger partial charge in [0.25, 0.3) is 0 Å². The van der Waals surface area contributed by atoms with Gasteiger partial charge in [-0.1, -0.05) is 24.3 Å². The van der Waals surface area contributed by atoms with Crippen LogP contribution in [0.4, 0.5) is 10.1 Å². The van der Waals surface area contributed by atoms with Crippen LogP contribution in [0.2, 0.25) is 0 Å². The Morgan fingerprint density at radius 3 is 2.67 bits per heavy atom. The van der Waals surface area contributed by atoms with Crippen LogP contribution in [0.3, 0.4) is 0 Å². The van der Waals surface area contributed by atoms with Gasteiger partial charge in [-0.15, -0.1) is 0 Å². The SMILES string of the molecule is Cn1cc(-c2ccc(Cc3ccc4c(c3)CN(c3ccccc3F)CO4)cn2)cn1. The molecule has 0 aliphatic carbocycles. The summed E-state index contributed by atoms with van der Waals surface area (Å²) in [5.74, 6) is 0.622. The lowest BCUT2D eigenvalue weighted by atomic mass is 10.0. The fourth-order valence-electron chi connectivity index (χ4n) is 3.76. The molecule has 30 heavy (non-hydrogen) atoms. The Labute approximate surface area is 174 Å². The lowest BCUT2D eigenvalue weighted by Crippen LogP contribution is -2.32. The molecule has 3 heterocycles. The quantitative estimate of drug-likeness (QED) is 0.503. The number of pyridine rings is 1. The van der Waals surface area contributed by atoms with E-state index in [9.17, 15) is 4.39 Å². The minimum atomic E-state index is -0.236. The maximum Gasteiger partial charge on any atom is 0.161 e. The Morgan fingerprint density at radius 2 is 1.90 bits per heavy atom. The van der Waals surface area contributed by atoms with E-state index in [1.54, 1.807) is 16.8 Å². The van der Waals surface area contributed by atoms with E-state index in [2.05, 4.69) is 28.3 Å². The number of hydrogen-bond acceptors (Lipinski definition) is 4. The molecule has 0 spiro atoms. The fourth-order valence-corrected chi connectivity index (χ4v) is 3.76. The maximum absolute atomic E-state index is 14.2. The van der Waals surface area contributed by atoms with Gasteiger partial charge in [0.2, 0.25) is 0 Å². The molecule has 1 aliphatic heterocycles. The maximum atomic E-state index is 14.2. The average Bonchev–Trinajstić information content (AvgIpc) is 3.20. The number of nitrogens with zero attached hydrogens (tertiary/aromatic N) is 4. The van der Waals surface area contributed by atoms with E-state index >= 15 is 0 Å². The summed E-state index contributed by atoms with van der Waals surface area (Å²) in [6.45, 7) is 0.954. The van der Waals surface area contributed by atoms with Gasteiger partial charge in [-0.2, -0.15) is 5.10 Å². The number of ether oxygens (including phenoxy) is 1. The predicted octanol–water partition coefficient (Wildman–Crippen LogP) is 4.57. The van der Waals surface area contributed by atoms with E-state index in [1.165, 1.54) is 11.6 Å². The van der Waals surface area contributed by atoms with Crippen molar-refractivity contribution in [3.63, 3.8) is 0 Å². The summed E-state index contributed by atoms with van der Waals surface area (Å²) in [6, 6.07) is 17.1. The molecule has 2 aromatic heterocycles. The van der Waals surface area contributed by atoms with Crippen LogP contribution in [-0.4, -0.2) is 21.5 Å². The topological polar surface area (TPSA) is 43.2 Å². The van der Waals surface area contributed by atoms with Crippen LogP contribution >= 0.6 is 0 Å². The van der Waals surface area contributed by atoms with Crippen molar-refractivity contribution < 1.29 is 9.13 Å². The van der Waals surface area contributed by atoms with E-state index in [0.29, 0.717) is 19.0 Å². The molecule has 0 amide bonds. The first kappa shape index (κ1) is 18.4. The summed E-state index contributed by atoms with van der Waals surface area (Å²) in [5.41, 5.74) is 5.83. The third-order valence-electron chi connectivity index (χ3n) is 5.29. The molecule has 0 radical (unpaired) electrons. The molecule has 150 valence electrons. The fraction of sp³-hybridized carbons (Fsp3) is 0.167. The number of para-hydroxylation sites is 1. The Morgan fingerprint density at radius 1 is 1.03 bits per heavy atom. The van der Waals surface area contributed by atoms with E-state index in [-0.39, 0.29) is 5.82 Å². The second kappa shape index (κ2) is 7.63. The summed E-state index contributed by atoms with van der Waals surface area (Å²) in [6.07, 6.45) is 6.44. The van der Waals surface area contributed by atoms with Crippen molar-refractivity contribution in [1.82, 2.24) is 14.8 Å². The zero-order chi connectivity index (χ0) is 20.5. The number of aryl methyl sites for hydroxylation is 1. The molecular weight excluding hydrogens is 379 g/mol. The van der Waals surface area contributed by atoms with Crippen LogP contribution < -0.4 is 9.64 Å². The van der Waals surface area contributed by atoms with Crippen molar-refractivity contribution in [2.24, 2.45) is 7.05 Å². The van der Waals surface area contributed by atoms with Gasteiger partial charge in [-0.25, -0.2) is 4.39 Å². The third kappa shape index (κ3) is 3.64. The summed E-state index contributed by atoms with van der Waals surface area (Å²) >= 11 is 0. The van der Waals surface area contributed by atoms with Crippen LogP contribution in [-0.2, 0) is 20.0 Å². The summed E-state index contributed by atoms with van der Waals surface area (Å²) in [4.78, 5) is 6.49. The van der Waals surface area contributed by atoms with Crippen LogP contribution in [0.15, 0.2) is 73.2 Å². The lowest BCUT2D eigenvalue weighted by molar-refractivity contribution is 0.287. The van der Waals surface area contributed by atoms with Crippen molar-refractivity contribution in [2.75, 3.05) is 11.6 Å². The van der Waals surface area contributed by atoms with Gasteiger partial charge in [0.15, 0.2) is 6.73 Å². The highest BCUT2D eigenvalue weighted by molar-refractivity contribution is 5.57. The second-order valence-electron chi connectivity index (χ2n) is 7.50. The average molecular weight is 400 g/mol. The van der Waals surface area contributed by atoms with Gasteiger partial charge >= 0.3 is 0 Å². The molecule has 1 aliphatic rings. The number of aromatic nitrogens is 3. The largest absolute Gasteiger partial charge is 0.473 e. The molecule has 0 unspecified atom stereocenters. The number of fused-ring (bicyclic) bond motifs is 1. The van der Waals surface area contributed by atoms with Crippen molar-refractivity contribution in [1.29, 1.82) is 0 Å². The number of anilines is 1. The number of halogens is 1. The van der Waals surface area contributed by atoms with Crippen molar-refractivity contribution in [2.45, 2.75) is 13.0 Å². The van der Waals surface area contributed by atoms with Gasteiger partial charge in [0.05, 0.1) is 17.6 Å². The van der Waals surface area contributed by atoms with E-state index < -0.39 is 0 Å². The second-order valence-corrected chi connectivity index (χ2v) is 7.50. The van der Waals surface area contributed by atoms with Gasteiger partial charge in [-0.05, 0) is 47.9 Å². The van der Waals surface area contributed by atoms with Crippen LogP contribution in [0.1, 0.15) is 16.7 Å². The van der Waals surface area contributed by atoms with Crippen LogP contribution in [0.5, 0.6) is 5.75 Å². The molecule has 6 heteroatoms. The number of rotatable bonds is 4. The van der Waals surface area contributed by atoms with E-state index in [1.807, 2.05) is 48.7 Å². The zero-order valence-electron chi connectivity index (χ0n) is 16.6. The predicted molar refractivity (Wildman–Crippen MR) is 114 cm³/mol. The molecule has 5 nitrogen and oxygen atoms in total. The molecule has 0 bridgehead atoms. The first-order valence-corrected chi connectivity index (χ1v) is 9.84. The normalized spacial score (nSPS) is 13.1. The highest BCUT2D eigenvalue weighted by Gasteiger charge is 2.20. The van der Waals surface area contributed by atoms with Gasteiger partial charge in [0.1, 0.15) is 11.6 Å². The molecule has 5 rings (SSSR count). The van der Waals surface area contributed by atoms with Gasteiger partial charge in [-0.3, -0.25) is 9.67 Å². The standard InChI is InChI=1S/C24H21FN4O/c1-28-14-20(13-27-28)22-8-6-18(12-26-22)10-17-7-9-24-19(11-17)15-29(16-30-24)23-5-3-2-4-21(23)25/h2-9,11-14H,10,15-16H2,1H3. The minimum absolute atomic E-state index is 0.236. The van der Waals surface area contributed by atoms with Crippen LogP contribution in [0, 0.1) is 5.82 Å². The number of hydrogen-bond donors (Lipinski definition) is 0. The number of benzene rings is 2. The Hall–Kier alpha value is -3.67. The van der Waals surface area contributed by atoms with Crippen molar-refractivity contribution >= 4 is 5.69 Å². The molecule has 4 aromatic rings. The Kier molecular flexibility index (Phi) is 4.67. The van der Waals surface area contributed by atoms with Gasteiger partial charge < -0.3 is 9.64 Å². The van der Waals surface area contributed by atoms with Crippen molar-refractivity contribution in [3.8, 4) is 17.0 Å². The molecule has 0 N–H and O–H groups in total. The zero-order valence-corrected chi connectivity index (χ0v) is 16.6. The summed E-state index contributed by atoms with van der Waals surface area (Å²) in [5, 5.41) is 4.19. The molecular formula is C24H21FN4O. The van der Waals surface area contributed by atoms with Crippen molar-refractivity contribution in [3.05, 3.63) is 95.7 Å². The van der Waals surface area contributed by atoms with E-state index in [4.69, 9.17) is 4.74 Å². The molecule has 0 saturated heterocycles. The smallest absolute Gasteiger partial charge is 0.161 e. The highest BCUT2D eigenvalue weighted by atomic mass is 19.1. The lowest BCUT2D eigenvalue weighted by Gasteiger charge is -2.31. The van der Waals surface area contributed by atoms with Gasteiger partial charge in [0, 0.05) is 37.1 Å². The monoisotopic (exact) mass is 400 g/mol. The third-order valence-corrected chi connectivity index (χ3v) is 5.29. The first-order valence-electron chi connectivity index (χ1n) is 9.84.